The Morgan fingerprint density at radius 3 is 2.58 bits per heavy atom. The first-order valence-corrected chi connectivity index (χ1v) is 10.5. The molecular formula is C23H24N2O5S. The largest absolute Gasteiger partial charge is 0.493 e. The van der Waals surface area contributed by atoms with Crippen LogP contribution in [-0.2, 0) is 20.9 Å². The van der Waals surface area contributed by atoms with Crippen molar-refractivity contribution in [1.82, 2.24) is 4.57 Å². The lowest BCUT2D eigenvalue weighted by atomic mass is 10.2. The lowest BCUT2D eigenvalue weighted by Gasteiger charge is -2.07. The summed E-state index contributed by atoms with van der Waals surface area (Å²) < 4.78 is 18.2. The third-order valence-electron chi connectivity index (χ3n) is 4.46. The lowest BCUT2D eigenvalue weighted by Crippen LogP contribution is -2.22. The molecule has 3 aromatic rings. The highest BCUT2D eigenvalue weighted by Crippen LogP contribution is 2.28. The van der Waals surface area contributed by atoms with Crippen LogP contribution in [0, 0.1) is 6.92 Å². The Morgan fingerprint density at radius 2 is 1.87 bits per heavy atom. The predicted octanol–water partition coefficient (Wildman–Crippen LogP) is 3.73. The fraction of sp³-hybridized carbons (Fsp3) is 0.261. The van der Waals surface area contributed by atoms with Gasteiger partial charge >= 0.3 is 5.97 Å². The Morgan fingerprint density at radius 1 is 1.10 bits per heavy atom. The van der Waals surface area contributed by atoms with Crippen molar-refractivity contribution in [2.45, 2.75) is 20.4 Å². The summed E-state index contributed by atoms with van der Waals surface area (Å²) in [4.78, 5) is 29.3. The van der Waals surface area contributed by atoms with Crippen LogP contribution in [0.2, 0.25) is 0 Å². The van der Waals surface area contributed by atoms with E-state index in [2.05, 4.69) is 4.99 Å². The van der Waals surface area contributed by atoms with E-state index in [0.29, 0.717) is 22.9 Å². The molecule has 2 aromatic carbocycles. The molecule has 0 saturated carbocycles. The van der Waals surface area contributed by atoms with Gasteiger partial charge in [-0.05, 0) is 55.3 Å². The summed E-state index contributed by atoms with van der Waals surface area (Å²) in [5.74, 6) is 0.366. The van der Waals surface area contributed by atoms with Crippen molar-refractivity contribution >= 4 is 39.5 Å². The molecule has 0 saturated heterocycles. The number of aromatic nitrogens is 1. The molecule has 0 unspecified atom stereocenters. The average Bonchev–Trinajstić information content (AvgIpc) is 3.07. The molecule has 0 bridgehead atoms. The summed E-state index contributed by atoms with van der Waals surface area (Å²) >= 11 is 1.36. The van der Waals surface area contributed by atoms with Gasteiger partial charge in [-0.3, -0.25) is 9.59 Å². The van der Waals surface area contributed by atoms with E-state index in [1.807, 2.05) is 31.2 Å². The summed E-state index contributed by atoms with van der Waals surface area (Å²) in [5, 5.41) is 0. The van der Waals surface area contributed by atoms with Crippen LogP contribution in [0.25, 0.3) is 16.3 Å². The van der Waals surface area contributed by atoms with E-state index in [1.54, 1.807) is 43.9 Å². The van der Waals surface area contributed by atoms with Gasteiger partial charge in [0.2, 0.25) is 0 Å². The van der Waals surface area contributed by atoms with Gasteiger partial charge in [-0.25, -0.2) is 0 Å². The summed E-state index contributed by atoms with van der Waals surface area (Å²) in [6, 6.07) is 11.2. The van der Waals surface area contributed by atoms with Crippen molar-refractivity contribution in [3.8, 4) is 11.5 Å². The average molecular weight is 441 g/mol. The highest BCUT2D eigenvalue weighted by atomic mass is 32.1. The number of rotatable bonds is 7. The zero-order valence-corrected chi connectivity index (χ0v) is 18.7. The summed E-state index contributed by atoms with van der Waals surface area (Å²) in [5.41, 5.74) is 2.69. The van der Waals surface area contributed by atoms with Gasteiger partial charge in [-0.15, -0.1) is 0 Å². The highest BCUT2D eigenvalue weighted by molar-refractivity contribution is 7.16. The molecule has 8 heteroatoms. The Hall–Kier alpha value is -3.39. The Bertz CT molecular complexity index is 1210. The molecule has 0 aliphatic heterocycles. The van der Waals surface area contributed by atoms with E-state index in [0.717, 1.165) is 21.3 Å². The number of esters is 1. The van der Waals surface area contributed by atoms with Crippen molar-refractivity contribution in [2.24, 2.45) is 4.99 Å². The van der Waals surface area contributed by atoms with Crippen LogP contribution >= 0.6 is 11.3 Å². The van der Waals surface area contributed by atoms with E-state index >= 15 is 0 Å². The molecule has 0 N–H and O–H groups in total. The Labute approximate surface area is 184 Å². The Kier molecular flexibility index (Phi) is 7.25. The number of methoxy groups -OCH3 is 2. The number of aryl methyl sites for hydroxylation is 1. The van der Waals surface area contributed by atoms with Crippen molar-refractivity contribution < 1.29 is 23.8 Å². The smallest absolute Gasteiger partial charge is 0.326 e. The van der Waals surface area contributed by atoms with E-state index in [1.165, 1.54) is 17.4 Å². The van der Waals surface area contributed by atoms with Crippen LogP contribution in [0.15, 0.2) is 47.5 Å². The molecule has 31 heavy (non-hydrogen) atoms. The normalized spacial score (nSPS) is 11.8. The maximum atomic E-state index is 12.5. The van der Waals surface area contributed by atoms with Crippen molar-refractivity contribution in [3.63, 3.8) is 0 Å². The maximum absolute atomic E-state index is 12.5. The summed E-state index contributed by atoms with van der Waals surface area (Å²) in [6.45, 7) is 4.02. The summed E-state index contributed by atoms with van der Waals surface area (Å²) in [6.07, 6.45) is 3.03. The standard InChI is InChI=1S/C23H24N2O5S/c1-5-30-22(27)14-25-17-9-6-15(2)12-20(17)31-23(25)24-21(26)11-8-16-7-10-18(28-3)19(13-16)29-4/h6-13H,5,14H2,1-4H3. The Balaban J connectivity index is 1.94. The number of ether oxygens (including phenoxy) is 3. The molecule has 0 aliphatic rings. The third-order valence-corrected chi connectivity index (χ3v) is 5.50. The number of fused-ring (bicyclic) bond motifs is 1. The minimum Gasteiger partial charge on any atom is -0.493 e. The molecule has 1 heterocycles. The number of carbonyl (C=O) groups excluding carboxylic acids is 2. The maximum Gasteiger partial charge on any atom is 0.326 e. The molecule has 0 atom stereocenters. The zero-order valence-electron chi connectivity index (χ0n) is 17.9. The molecular weight excluding hydrogens is 416 g/mol. The van der Waals surface area contributed by atoms with Gasteiger partial charge in [0, 0.05) is 6.08 Å². The molecule has 0 aliphatic carbocycles. The third kappa shape index (κ3) is 5.40. The number of hydrogen-bond donors (Lipinski definition) is 0. The van der Waals surface area contributed by atoms with Gasteiger partial charge in [-0.2, -0.15) is 4.99 Å². The predicted molar refractivity (Wildman–Crippen MR) is 120 cm³/mol. The van der Waals surface area contributed by atoms with Crippen LogP contribution in [0.3, 0.4) is 0 Å². The molecule has 1 amide bonds. The molecule has 1 aromatic heterocycles. The SMILES string of the molecule is CCOC(=O)Cn1c(=NC(=O)C=Cc2ccc(OC)c(OC)c2)sc2cc(C)ccc21. The first-order chi connectivity index (χ1) is 14.9. The van der Waals surface area contributed by atoms with Crippen LogP contribution in [-0.4, -0.2) is 37.3 Å². The van der Waals surface area contributed by atoms with Crippen molar-refractivity contribution in [1.29, 1.82) is 0 Å². The molecule has 0 spiro atoms. The van der Waals surface area contributed by atoms with E-state index in [-0.39, 0.29) is 12.5 Å². The number of hydrogen-bond acceptors (Lipinski definition) is 6. The minimum atomic E-state index is -0.435. The van der Waals surface area contributed by atoms with Gasteiger partial charge < -0.3 is 18.8 Å². The number of nitrogens with zero attached hydrogens (tertiary/aromatic N) is 2. The lowest BCUT2D eigenvalue weighted by molar-refractivity contribution is -0.143. The zero-order chi connectivity index (χ0) is 22.4. The number of benzene rings is 2. The molecule has 162 valence electrons. The van der Waals surface area contributed by atoms with Gasteiger partial charge in [0.05, 0.1) is 31.0 Å². The number of thiazole rings is 1. The van der Waals surface area contributed by atoms with E-state index < -0.39 is 5.91 Å². The summed E-state index contributed by atoms with van der Waals surface area (Å²) in [7, 11) is 3.12. The van der Waals surface area contributed by atoms with E-state index in [4.69, 9.17) is 14.2 Å². The van der Waals surface area contributed by atoms with Crippen LogP contribution < -0.4 is 14.3 Å². The van der Waals surface area contributed by atoms with Crippen molar-refractivity contribution in [2.75, 3.05) is 20.8 Å². The topological polar surface area (TPSA) is 79.1 Å². The minimum absolute atomic E-state index is 0.0115. The van der Waals surface area contributed by atoms with E-state index in [9.17, 15) is 9.59 Å². The molecule has 3 rings (SSSR count). The first kappa shape index (κ1) is 22.3. The fourth-order valence-electron chi connectivity index (χ4n) is 3.01. The number of amides is 1. The molecule has 7 nitrogen and oxygen atoms in total. The molecule has 0 fully saturated rings. The van der Waals surface area contributed by atoms with Gasteiger partial charge in [0.25, 0.3) is 5.91 Å². The highest BCUT2D eigenvalue weighted by Gasteiger charge is 2.12. The molecule has 0 radical (unpaired) electrons. The van der Waals surface area contributed by atoms with Gasteiger partial charge in [-0.1, -0.05) is 23.5 Å². The second-order valence-electron chi connectivity index (χ2n) is 6.64. The van der Waals surface area contributed by atoms with Crippen molar-refractivity contribution in [3.05, 3.63) is 58.4 Å². The number of carbonyl (C=O) groups is 2. The first-order valence-electron chi connectivity index (χ1n) is 9.69. The fourth-order valence-corrected chi connectivity index (χ4v) is 4.14. The van der Waals surface area contributed by atoms with Crippen LogP contribution in [0.1, 0.15) is 18.1 Å². The van der Waals surface area contributed by atoms with Gasteiger partial charge in [0.15, 0.2) is 16.3 Å². The quantitative estimate of drug-likeness (QED) is 0.413. The second-order valence-corrected chi connectivity index (χ2v) is 7.65. The van der Waals surface area contributed by atoms with Gasteiger partial charge in [0.1, 0.15) is 6.54 Å². The second kappa shape index (κ2) is 10.1. The monoisotopic (exact) mass is 440 g/mol. The van der Waals surface area contributed by atoms with Crippen LogP contribution in [0.5, 0.6) is 11.5 Å². The van der Waals surface area contributed by atoms with Crippen LogP contribution in [0.4, 0.5) is 0 Å².